The number of aliphatic hydroxyl groups is 1. The summed E-state index contributed by atoms with van der Waals surface area (Å²) in [5.41, 5.74) is -1.08. The zero-order valence-electron chi connectivity index (χ0n) is 9.46. The molecule has 0 aliphatic carbocycles. The summed E-state index contributed by atoms with van der Waals surface area (Å²) in [6, 6.07) is 0. The number of halogens is 1. The maximum Gasteiger partial charge on any atom is 0.211 e. The number of hydrogen-bond acceptors (Lipinski definition) is 3. The number of hydrogen-bond donors (Lipinski definition) is 2. The Morgan fingerprint density at radius 1 is 1.47 bits per heavy atom. The van der Waals surface area contributed by atoms with E-state index in [9.17, 15) is 17.9 Å². The van der Waals surface area contributed by atoms with Crippen LogP contribution in [0.5, 0.6) is 0 Å². The normalized spacial score (nSPS) is 16.7. The first-order valence-corrected chi connectivity index (χ1v) is 6.62. The van der Waals surface area contributed by atoms with Gasteiger partial charge in [0.2, 0.25) is 10.0 Å². The van der Waals surface area contributed by atoms with Gasteiger partial charge in [-0.05, 0) is 19.3 Å². The number of nitrogens with one attached hydrogen (secondary N) is 1. The molecule has 0 rings (SSSR count). The van der Waals surface area contributed by atoms with E-state index in [1.54, 1.807) is 20.8 Å². The summed E-state index contributed by atoms with van der Waals surface area (Å²) in [7, 11) is -3.46. The quantitative estimate of drug-likeness (QED) is 0.688. The van der Waals surface area contributed by atoms with Crippen molar-refractivity contribution in [2.45, 2.75) is 32.8 Å². The van der Waals surface area contributed by atoms with E-state index in [0.717, 1.165) is 0 Å². The third-order valence-corrected chi connectivity index (χ3v) is 3.85. The van der Waals surface area contributed by atoms with Gasteiger partial charge < -0.3 is 5.11 Å². The smallest absolute Gasteiger partial charge is 0.211 e. The summed E-state index contributed by atoms with van der Waals surface area (Å²) < 4.78 is 36.6. The second kappa shape index (κ2) is 5.77. The molecule has 4 nitrogen and oxygen atoms in total. The van der Waals surface area contributed by atoms with Crippen LogP contribution in [-0.2, 0) is 10.0 Å². The lowest BCUT2D eigenvalue weighted by atomic mass is 9.93. The summed E-state index contributed by atoms with van der Waals surface area (Å²) in [4.78, 5) is 0. The van der Waals surface area contributed by atoms with E-state index in [1.165, 1.54) is 0 Å². The van der Waals surface area contributed by atoms with Crippen molar-refractivity contribution in [2.24, 2.45) is 5.92 Å². The first-order valence-electron chi connectivity index (χ1n) is 4.97. The van der Waals surface area contributed by atoms with Crippen LogP contribution in [0, 0.1) is 5.92 Å². The second-order valence-corrected chi connectivity index (χ2v) is 6.12. The Kier molecular flexibility index (Phi) is 5.69. The Morgan fingerprint density at radius 2 is 2.00 bits per heavy atom. The van der Waals surface area contributed by atoms with Gasteiger partial charge in [0.1, 0.15) is 0 Å². The fourth-order valence-electron chi connectivity index (χ4n) is 0.777. The van der Waals surface area contributed by atoms with Gasteiger partial charge in [-0.15, -0.1) is 0 Å². The molecule has 0 aliphatic rings. The Balaban J connectivity index is 4.15. The maximum absolute atomic E-state index is 11.8. The summed E-state index contributed by atoms with van der Waals surface area (Å²) in [5, 5.41) is 9.78. The minimum Gasteiger partial charge on any atom is -0.389 e. The first-order chi connectivity index (χ1) is 6.71. The van der Waals surface area contributed by atoms with E-state index in [0.29, 0.717) is 0 Å². The van der Waals surface area contributed by atoms with Gasteiger partial charge in [0.25, 0.3) is 0 Å². The fraction of sp³-hybridized carbons (Fsp3) is 1.00. The molecule has 0 heterocycles. The molecule has 0 aliphatic heterocycles. The van der Waals surface area contributed by atoms with Crippen molar-refractivity contribution in [3.8, 4) is 0 Å². The highest BCUT2D eigenvalue weighted by atomic mass is 32.2. The Labute approximate surface area is 90.9 Å². The van der Waals surface area contributed by atoms with E-state index < -0.39 is 22.3 Å². The summed E-state index contributed by atoms with van der Waals surface area (Å²) in [5.74, 6) is -0.293. The van der Waals surface area contributed by atoms with Crippen LogP contribution < -0.4 is 4.72 Å². The molecule has 1 unspecified atom stereocenters. The zero-order chi connectivity index (χ0) is 12.1. The molecule has 0 aromatic rings. The largest absolute Gasteiger partial charge is 0.389 e. The Bertz CT molecular complexity index is 275. The molecule has 92 valence electrons. The fourth-order valence-corrected chi connectivity index (χ4v) is 1.92. The molecule has 0 aromatic heterocycles. The van der Waals surface area contributed by atoms with Crippen molar-refractivity contribution >= 4 is 10.0 Å². The average molecular weight is 241 g/mol. The molecule has 0 bridgehead atoms. The van der Waals surface area contributed by atoms with Crippen molar-refractivity contribution in [3.63, 3.8) is 0 Å². The standard InChI is InChI=1S/C9H20FNO3S/c1-8(2)9(3,12)7-11-15(13,14)6-4-5-10/h8,11-12H,4-7H2,1-3H3. The van der Waals surface area contributed by atoms with Crippen molar-refractivity contribution in [2.75, 3.05) is 19.0 Å². The third-order valence-electron chi connectivity index (χ3n) is 2.44. The highest BCUT2D eigenvalue weighted by molar-refractivity contribution is 7.89. The Hall–Kier alpha value is -0.200. The summed E-state index contributed by atoms with van der Waals surface area (Å²) in [6.45, 7) is 4.47. The van der Waals surface area contributed by atoms with Crippen molar-refractivity contribution in [1.82, 2.24) is 4.72 Å². The predicted molar refractivity (Wildman–Crippen MR) is 57.8 cm³/mol. The van der Waals surface area contributed by atoms with Crippen LogP contribution in [0.2, 0.25) is 0 Å². The average Bonchev–Trinajstić information content (AvgIpc) is 2.12. The highest BCUT2D eigenvalue weighted by Gasteiger charge is 2.26. The lowest BCUT2D eigenvalue weighted by Gasteiger charge is -2.27. The Morgan fingerprint density at radius 3 is 2.40 bits per heavy atom. The van der Waals surface area contributed by atoms with Crippen LogP contribution >= 0.6 is 0 Å². The maximum atomic E-state index is 11.8. The molecule has 1 atom stereocenters. The molecule has 0 radical (unpaired) electrons. The zero-order valence-corrected chi connectivity index (χ0v) is 10.3. The van der Waals surface area contributed by atoms with Gasteiger partial charge in [0, 0.05) is 6.54 Å². The van der Waals surface area contributed by atoms with Gasteiger partial charge in [-0.25, -0.2) is 13.1 Å². The van der Waals surface area contributed by atoms with Crippen LogP contribution in [0.3, 0.4) is 0 Å². The van der Waals surface area contributed by atoms with Gasteiger partial charge >= 0.3 is 0 Å². The summed E-state index contributed by atoms with van der Waals surface area (Å²) >= 11 is 0. The molecule has 15 heavy (non-hydrogen) atoms. The van der Waals surface area contributed by atoms with Gasteiger partial charge in [-0.1, -0.05) is 13.8 Å². The molecular formula is C9H20FNO3S. The molecule has 6 heteroatoms. The van der Waals surface area contributed by atoms with Crippen LogP contribution in [0.25, 0.3) is 0 Å². The molecule has 0 saturated heterocycles. The number of alkyl halides is 1. The van der Waals surface area contributed by atoms with Crippen LogP contribution in [-0.4, -0.2) is 38.1 Å². The van der Waals surface area contributed by atoms with Gasteiger partial charge in [-0.2, -0.15) is 0 Å². The van der Waals surface area contributed by atoms with Gasteiger partial charge in [0.15, 0.2) is 0 Å². The van der Waals surface area contributed by atoms with E-state index in [-0.39, 0.29) is 24.6 Å². The van der Waals surface area contributed by atoms with Crippen LogP contribution in [0.1, 0.15) is 27.2 Å². The van der Waals surface area contributed by atoms with Crippen molar-refractivity contribution < 1.29 is 17.9 Å². The van der Waals surface area contributed by atoms with E-state index >= 15 is 0 Å². The third kappa shape index (κ3) is 6.06. The SMILES string of the molecule is CC(C)C(C)(O)CNS(=O)(=O)CCCF. The summed E-state index contributed by atoms with van der Waals surface area (Å²) in [6.07, 6.45) is -0.0147. The topological polar surface area (TPSA) is 66.4 Å². The molecule has 0 saturated carbocycles. The van der Waals surface area contributed by atoms with E-state index in [4.69, 9.17) is 0 Å². The number of rotatable bonds is 7. The molecule has 0 amide bonds. The highest BCUT2D eigenvalue weighted by Crippen LogP contribution is 2.14. The van der Waals surface area contributed by atoms with Crippen LogP contribution in [0.15, 0.2) is 0 Å². The molecule has 0 spiro atoms. The molecule has 2 N–H and O–H groups in total. The van der Waals surface area contributed by atoms with Crippen molar-refractivity contribution in [3.05, 3.63) is 0 Å². The molecular weight excluding hydrogens is 221 g/mol. The number of sulfonamides is 1. The minimum absolute atomic E-state index is 0.0147. The lowest BCUT2D eigenvalue weighted by Crippen LogP contribution is -2.44. The van der Waals surface area contributed by atoms with Gasteiger partial charge in [-0.3, -0.25) is 4.39 Å². The molecule has 0 fully saturated rings. The van der Waals surface area contributed by atoms with E-state index in [1.807, 2.05) is 0 Å². The van der Waals surface area contributed by atoms with Crippen LogP contribution in [0.4, 0.5) is 4.39 Å². The van der Waals surface area contributed by atoms with Crippen molar-refractivity contribution in [1.29, 1.82) is 0 Å². The lowest BCUT2D eigenvalue weighted by molar-refractivity contribution is 0.0190. The van der Waals surface area contributed by atoms with E-state index in [2.05, 4.69) is 4.72 Å². The molecule has 0 aromatic carbocycles. The predicted octanol–water partition coefficient (Wildman–Crippen LogP) is 0.672. The second-order valence-electron chi connectivity index (χ2n) is 4.19. The first kappa shape index (κ1) is 14.8. The van der Waals surface area contributed by atoms with Gasteiger partial charge in [0.05, 0.1) is 18.0 Å². The monoisotopic (exact) mass is 241 g/mol. The minimum atomic E-state index is -3.46.